The smallest absolute Gasteiger partial charge is 0.106 e. The highest BCUT2D eigenvalue weighted by Crippen LogP contribution is 2.33. The Labute approximate surface area is 127 Å². The van der Waals surface area contributed by atoms with Crippen molar-refractivity contribution in [1.82, 2.24) is 0 Å². The summed E-state index contributed by atoms with van der Waals surface area (Å²) in [5, 5.41) is 9.07. The molecule has 1 aromatic carbocycles. The Morgan fingerprint density at radius 2 is 2.21 bits per heavy atom. The standard InChI is InChI=1S/C14H19BrN2OS/c15-10-5-6-13(12(9-10)14(16)19)17(7-2-8-18)11-3-1-4-11/h5-6,9,11,18H,1-4,7-8H2,(H2,16,19). The number of halogens is 1. The van der Waals surface area contributed by atoms with E-state index in [9.17, 15) is 0 Å². The van der Waals surface area contributed by atoms with E-state index in [1.807, 2.05) is 12.1 Å². The van der Waals surface area contributed by atoms with Gasteiger partial charge in [0.25, 0.3) is 0 Å². The van der Waals surface area contributed by atoms with Crippen LogP contribution in [0.3, 0.4) is 0 Å². The fourth-order valence-corrected chi connectivity index (χ4v) is 2.92. The lowest BCUT2D eigenvalue weighted by Gasteiger charge is -2.40. The first-order chi connectivity index (χ1) is 9.13. The van der Waals surface area contributed by atoms with Gasteiger partial charge in [-0.05, 0) is 43.9 Å². The van der Waals surface area contributed by atoms with Crippen LogP contribution in [0, 0.1) is 0 Å². The van der Waals surface area contributed by atoms with Gasteiger partial charge in [0.1, 0.15) is 4.99 Å². The molecule has 1 aliphatic rings. The number of aliphatic hydroxyl groups is 1. The topological polar surface area (TPSA) is 49.5 Å². The van der Waals surface area contributed by atoms with Gasteiger partial charge >= 0.3 is 0 Å². The molecule has 0 spiro atoms. The third kappa shape index (κ3) is 3.46. The molecule has 2 rings (SSSR count). The van der Waals surface area contributed by atoms with Gasteiger partial charge < -0.3 is 15.7 Å². The van der Waals surface area contributed by atoms with Crippen LogP contribution >= 0.6 is 28.1 Å². The van der Waals surface area contributed by atoms with Gasteiger partial charge in [-0.25, -0.2) is 0 Å². The average Bonchev–Trinajstić information content (AvgIpc) is 2.32. The lowest BCUT2D eigenvalue weighted by Crippen LogP contribution is -2.42. The Bertz CT molecular complexity index is 463. The summed E-state index contributed by atoms with van der Waals surface area (Å²) < 4.78 is 0.981. The highest BCUT2D eigenvalue weighted by molar-refractivity contribution is 9.10. The van der Waals surface area contributed by atoms with Crippen LogP contribution in [0.15, 0.2) is 22.7 Å². The number of anilines is 1. The molecule has 3 N–H and O–H groups in total. The van der Waals surface area contributed by atoms with Crippen molar-refractivity contribution in [3.05, 3.63) is 28.2 Å². The maximum Gasteiger partial charge on any atom is 0.106 e. The molecular weight excluding hydrogens is 324 g/mol. The van der Waals surface area contributed by atoms with Crippen LogP contribution in [0.25, 0.3) is 0 Å². The second kappa shape index (κ2) is 6.68. The highest BCUT2D eigenvalue weighted by atomic mass is 79.9. The van der Waals surface area contributed by atoms with Crippen LogP contribution < -0.4 is 10.6 Å². The Morgan fingerprint density at radius 3 is 2.74 bits per heavy atom. The molecule has 0 aromatic heterocycles. The summed E-state index contributed by atoms with van der Waals surface area (Å²) in [4.78, 5) is 2.77. The first kappa shape index (κ1) is 14.8. The molecule has 1 aromatic rings. The molecular formula is C14H19BrN2OS. The monoisotopic (exact) mass is 342 g/mol. The summed E-state index contributed by atoms with van der Waals surface area (Å²) >= 11 is 8.62. The van der Waals surface area contributed by atoms with E-state index in [0.29, 0.717) is 11.0 Å². The predicted molar refractivity (Wildman–Crippen MR) is 86.7 cm³/mol. The number of nitrogens with zero attached hydrogens (tertiary/aromatic N) is 1. The second-order valence-electron chi connectivity index (χ2n) is 4.88. The van der Waals surface area contributed by atoms with E-state index in [-0.39, 0.29) is 6.61 Å². The molecule has 0 radical (unpaired) electrons. The molecule has 0 heterocycles. The molecule has 104 valence electrons. The fraction of sp³-hybridized carbons (Fsp3) is 0.500. The van der Waals surface area contributed by atoms with Crippen molar-refractivity contribution in [3.63, 3.8) is 0 Å². The number of aliphatic hydroxyl groups excluding tert-OH is 1. The van der Waals surface area contributed by atoms with E-state index < -0.39 is 0 Å². The van der Waals surface area contributed by atoms with E-state index in [1.54, 1.807) is 0 Å². The zero-order chi connectivity index (χ0) is 13.8. The Balaban J connectivity index is 2.31. The molecule has 1 saturated carbocycles. The molecule has 0 amide bonds. The zero-order valence-electron chi connectivity index (χ0n) is 10.8. The van der Waals surface area contributed by atoms with E-state index in [2.05, 4.69) is 26.9 Å². The molecule has 3 nitrogen and oxygen atoms in total. The van der Waals surface area contributed by atoms with Crippen LogP contribution in [0.2, 0.25) is 0 Å². The number of hydrogen-bond acceptors (Lipinski definition) is 3. The molecule has 0 unspecified atom stereocenters. The minimum atomic E-state index is 0.210. The van der Waals surface area contributed by atoms with Crippen molar-refractivity contribution < 1.29 is 5.11 Å². The van der Waals surface area contributed by atoms with Gasteiger partial charge in [0.05, 0.1) is 0 Å². The lowest BCUT2D eigenvalue weighted by molar-refractivity contribution is 0.283. The van der Waals surface area contributed by atoms with Gasteiger partial charge in [-0.2, -0.15) is 0 Å². The van der Waals surface area contributed by atoms with Crippen molar-refractivity contribution in [1.29, 1.82) is 0 Å². The Kier molecular flexibility index (Phi) is 5.19. The number of thiocarbonyl (C=S) groups is 1. The molecule has 19 heavy (non-hydrogen) atoms. The predicted octanol–water partition coefficient (Wildman–Crippen LogP) is 2.82. The van der Waals surface area contributed by atoms with E-state index in [0.717, 1.165) is 28.7 Å². The number of benzene rings is 1. The van der Waals surface area contributed by atoms with Crippen LogP contribution in [-0.2, 0) is 0 Å². The molecule has 1 aliphatic carbocycles. The Morgan fingerprint density at radius 1 is 1.47 bits per heavy atom. The average molecular weight is 343 g/mol. The molecule has 5 heteroatoms. The summed E-state index contributed by atoms with van der Waals surface area (Å²) in [6, 6.07) is 6.61. The van der Waals surface area contributed by atoms with Gasteiger partial charge in [0.2, 0.25) is 0 Å². The van der Waals surface area contributed by atoms with E-state index in [4.69, 9.17) is 23.1 Å². The van der Waals surface area contributed by atoms with Crippen molar-refractivity contribution in [2.24, 2.45) is 5.73 Å². The molecule has 1 fully saturated rings. The number of nitrogens with two attached hydrogens (primary N) is 1. The van der Waals surface area contributed by atoms with Gasteiger partial charge in [0, 0.05) is 34.9 Å². The van der Waals surface area contributed by atoms with Gasteiger partial charge in [-0.3, -0.25) is 0 Å². The second-order valence-corrected chi connectivity index (χ2v) is 6.24. The van der Waals surface area contributed by atoms with Gasteiger partial charge in [-0.1, -0.05) is 28.1 Å². The maximum absolute atomic E-state index is 9.07. The van der Waals surface area contributed by atoms with E-state index >= 15 is 0 Å². The highest BCUT2D eigenvalue weighted by Gasteiger charge is 2.26. The summed E-state index contributed by atoms with van der Waals surface area (Å²) in [7, 11) is 0. The Hall–Kier alpha value is -0.650. The minimum absolute atomic E-state index is 0.210. The first-order valence-electron chi connectivity index (χ1n) is 6.60. The van der Waals surface area contributed by atoms with Gasteiger partial charge in [0.15, 0.2) is 0 Å². The fourth-order valence-electron chi connectivity index (χ4n) is 2.40. The third-order valence-electron chi connectivity index (χ3n) is 3.61. The quantitative estimate of drug-likeness (QED) is 0.780. The van der Waals surface area contributed by atoms with Crippen molar-refractivity contribution in [2.75, 3.05) is 18.1 Å². The van der Waals surface area contributed by atoms with Crippen molar-refractivity contribution in [2.45, 2.75) is 31.7 Å². The minimum Gasteiger partial charge on any atom is -0.396 e. The number of hydrogen-bond donors (Lipinski definition) is 2. The molecule has 0 aliphatic heterocycles. The summed E-state index contributed by atoms with van der Waals surface area (Å²) in [6.07, 6.45) is 4.46. The zero-order valence-corrected chi connectivity index (χ0v) is 13.2. The van der Waals surface area contributed by atoms with Crippen molar-refractivity contribution >= 4 is 38.8 Å². The summed E-state index contributed by atoms with van der Waals surface area (Å²) in [5.41, 5.74) is 7.85. The lowest BCUT2D eigenvalue weighted by atomic mass is 9.90. The summed E-state index contributed by atoms with van der Waals surface area (Å²) in [5.74, 6) is 0. The molecule has 0 saturated heterocycles. The van der Waals surface area contributed by atoms with Crippen LogP contribution in [0.1, 0.15) is 31.2 Å². The van der Waals surface area contributed by atoms with Crippen LogP contribution in [0.5, 0.6) is 0 Å². The van der Waals surface area contributed by atoms with E-state index in [1.165, 1.54) is 19.3 Å². The number of rotatable bonds is 6. The maximum atomic E-state index is 9.07. The first-order valence-corrected chi connectivity index (χ1v) is 7.80. The molecule has 0 bridgehead atoms. The third-order valence-corrected chi connectivity index (χ3v) is 4.32. The summed E-state index contributed by atoms with van der Waals surface area (Å²) in [6.45, 7) is 1.06. The SMILES string of the molecule is NC(=S)c1cc(Br)ccc1N(CCCO)C1CCC1. The normalized spacial score (nSPS) is 15.1. The largest absolute Gasteiger partial charge is 0.396 e. The van der Waals surface area contributed by atoms with Crippen LogP contribution in [-0.4, -0.2) is 29.3 Å². The van der Waals surface area contributed by atoms with Crippen molar-refractivity contribution in [3.8, 4) is 0 Å². The van der Waals surface area contributed by atoms with Crippen LogP contribution in [0.4, 0.5) is 5.69 Å². The van der Waals surface area contributed by atoms with Gasteiger partial charge in [-0.15, -0.1) is 0 Å². The molecule has 0 atom stereocenters.